The molecule has 4 N–H and O–H groups in total. The van der Waals surface area contributed by atoms with Crippen molar-refractivity contribution in [2.45, 2.75) is 59.5 Å². The van der Waals surface area contributed by atoms with Gasteiger partial charge in [-0.2, -0.15) is 0 Å². The van der Waals surface area contributed by atoms with Gasteiger partial charge in [0.1, 0.15) is 7.85 Å². The maximum absolute atomic E-state index is 6.41. The van der Waals surface area contributed by atoms with Gasteiger partial charge in [0.15, 0.2) is 0 Å². The molecular weight excluding hydrogens is 471 g/mol. The van der Waals surface area contributed by atoms with Gasteiger partial charge in [0.25, 0.3) is 0 Å². The van der Waals surface area contributed by atoms with E-state index < -0.39 is 0 Å². The summed E-state index contributed by atoms with van der Waals surface area (Å²) < 4.78 is 6.13. The number of aromatic nitrogens is 1. The van der Waals surface area contributed by atoms with Crippen molar-refractivity contribution in [2.24, 2.45) is 5.41 Å². The Morgan fingerprint density at radius 1 is 1.18 bits per heavy atom. The highest BCUT2D eigenvalue weighted by molar-refractivity contribution is 6.33. The average molecular weight is 519 g/mol. The molecule has 1 aromatic heterocycles. The van der Waals surface area contributed by atoms with Crippen LogP contribution in [-0.2, 0) is 11.3 Å². The molecule has 0 unspecified atom stereocenters. The molecule has 8 heteroatoms. The number of rotatable bonds is 15. The fourth-order valence-electron chi connectivity index (χ4n) is 4.82. The summed E-state index contributed by atoms with van der Waals surface area (Å²) in [6.45, 7) is 17.0. The molecule has 0 spiro atoms. The number of nitrogen functional groups attached to an aromatic ring is 1. The maximum Gasteiger partial charge on any atom is 0.113 e. The van der Waals surface area contributed by atoms with E-state index in [1.165, 1.54) is 25.7 Å². The zero-order chi connectivity index (χ0) is 27.5. The quantitative estimate of drug-likeness (QED) is 0.180. The van der Waals surface area contributed by atoms with Gasteiger partial charge in [-0.05, 0) is 36.8 Å². The molecule has 1 aromatic carbocycles. The Kier molecular flexibility index (Phi) is 11.3. The van der Waals surface area contributed by atoms with Gasteiger partial charge >= 0.3 is 0 Å². The highest BCUT2D eigenvalue weighted by atomic mass is 16.5. The molecule has 0 atom stereocenters. The van der Waals surface area contributed by atoms with E-state index in [9.17, 15) is 0 Å². The Morgan fingerprint density at radius 3 is 2.66 bits per heavy atom. The highest BCUT2D eigenvalue weighted by Crippen LogP contribution is 2.30. The Bertz CT molecular complexity index is 1030. The lowest BCUT2D eigenvalue weighted by Crippen LogP contribution is -2.38. The lowest BCUT2D eigenvalue weighted by Gasteiger charge is -2.36. The van der Waals surface area contributed by atoms with Gasteiger partial charge < -0.3 is 26.0 Å². The van der Waals surface area contributed by atoms with Gasteiger partial charge in [0, 0.05) is 69.0 Å². The first-order valence-electron chi connectivity index (χ1n) is 14.0. The number of anilines is 3. The van der Waals surface area contributed by atoms with Crippen LogP contribution < -0.4 is 21.8 Å². The zero-order valence-electron chi connectivity index (χ0n) is 24.0. The molecule has 1 fully saturated rings. The Labute approximate surface area is 231 Å². The fourth-order valence-corrected chi connectivity index (χ4v) is 4.82. The molecule has 7 nitrogen and oxygen atoms in total. The van der Waals surface area contributed by atoms with Crippen molar-refractivity contribution < 1.29 is 4.74 Å². The molecule has 2 heterocycles. The van der Waals surface area contributed by atoms with E-state index in [0.717, 1.165) is 60.8 Å². The van der Waals surface area contributed by atoms with Crippen LogP contribution >= 0.6 is 0 Å². The predicted molar refractivity (Wildman–Crippen MR) is 163 cm³/mol. The van der Waals surface area contributed by atoms with Crippen LogP contribution in [0.5, 0.6) is 0 Å². The molecular formula is C30H47BN6O. The number of hydrogen-bond donors (Lipinski definition) is 3. The van der Waals surface area contributed by atoms with Crippen LogP contribution in [-0.4, -0.2) is 69.1 Å². The van der Waals surface area contributed by atoms with Crippen LogP contribution in [0.25, 0.3) is 5.70 Å². The summed E-state index contributed by atoms with van der Waals surface area (Å²) in [4.78, 5) is 9.09. The Hall–Kier alpha value is -2.71. The molecule has 3 rings (SSSR count). The van der Waals surface area contributed by atoms with E-state index in [-0.39, 0.29) is 0 Å². The van der Waals surface area contributed by atoms with Crippen molar-refractivity contribution >= 4 is 36.1 Å². The SMILES string of the molecule is [B]c1cc(N)c(NCCN(CCCCC)C(=C)c2cncc(NC)c2)c(COCN2CCC(C)(C)CC2)c1. The Balaban J connectivity index is 1.61. The van der Waals surface area contributed by atoms with Crippen molar-refractivity contribution in [2.75, 3.05) is 62.9 Å². The van der Waals surface area contributed by atoms with Gasteiger partial charge in [-0.25, -0.2) is 0 Å². The molecule has 1 aliphatic rings. The molecule has 1 aliphatic heterocycles. The largest absolute Gasteiger partial charge is 0.397 e. The highest BCUT2D eigenvalue weighted by Gasteiger charge is 2.25. The van der Waals surface area contributed by atoms with E-state index in [2.05, 4.69) is 58.8 Å². The molecule has 2 radical (unpaired) electrons. The Morgan fingerprint density at radius 2 is 1.95 bits per heavy atom. The van der Waals surface area contributed by atoms with Crippen LogP contribution in [0.2, 0.25) is 0 Å². The summed E-state index contributed by atoms with van der Waals surface area (Å²) in [5, 5.41) is 6.74. The van der Waals surface area contributed by atoms with Crippen LogP contribution in [0.3, 0.4) is 0 Å². The molecule has 206 valence electrons. The lowest BCUT2D eigenvalue weighted by molar-refractivity contribution is -0.00794. The van der Waals surface area contributed by atoms with Crippen LogP contribution in [0.15, 0.2) is 37.2 Å². The van der Waals surface area contributed by atoms with Crippen LogP contribution in [0.4, 0.5) is 17.1 Å². The molecule has 38 heavy (non-hydrogen) atoms. The second-order valence-electron chi connectivity index (χ2n) is 11.2. The smallest absolute Gasteiger partial charge is 0.113 e. The standard InChI is InChI=1S/C30H47BN6O/c1-6-7-8-12-37(23(2)24-17-27(33-5)20-34-19-24)15-11-35-29-25(16-26(31)18-28(29)32)21-38-22-36-13-9-30(3,4)10-14-36/h16-20,33,35H,2,6-15,21-22,32H2,1,3-5H3. The molecule has 0 aliphatic carbocycles. The van der Waals surface area contributed by atoms with Gasteiger partial charge in [-0.1, -0.05) is 51.7 Å². The van der Waals surface area contributed by atoms with Crippen LogP contribution in [0, 0.1) is 5.41 Å². The van der Waals surface area contributed by atoms with E-state index in [0.29, 0.717) is 36.4 Å². The third-order valence-corrected chi connectivity index (χ3v) is 7.47. The zero-order valence-corrected chi connectivity index (χ0v) is 24.0. The summed E-state index contributed by atoms with van der Waals surface area (Å²) >= 11 is 0. The van der Waals surface area contributed by atoms with Gasteiger partial charge in [-0.3, -0.25) is 9.88 Å². The number of unbranched alkanes of at least 4 members (excludes halogenated alkanes) is 2. The summed E-state index contributed by atoms with van der Waals surface area (Å²) in [5.41, 5.74) is 13.0. The molecule has 0 amide bonds. The first kappa shape index (κ1) is 29.8. The number of piperidine rings is 1. The third kappa shape index (κ3) is 8.95. The summed E-state index contributed by atoms with van der Waals surface area (Å²) in [6.07, 6.45) is 9.57. The minimum atomic E-state index is 0.428. The number of hydrogen-bond acceptors (Lipinski definition) is 7. The first-order valence-corrected chi connectivity index (χ1v) is 14.0. The van der Waals surface area contributed by atoms with E-state index in [1.807, 2.05) is 31.6 Å². The van der Waals surface area contributed by atoms with Gasteiger partial charge in [-0.15, -0.1) is 0 Å². The van der Waals surface area contributed by atoms with E-state index >= 15 is 0 Å². The van der Waals surface area contributed by atoms with Gasteiger partial charge in [0.05, 0.1) is 30.4 Å². The van der Waals surface area contributed by atoms with Gasteiger partial charge in [0.2, 0.25) is 0 Å². The average Bonchev–Trinajstić information content (AvgIpc) is 2.89. The van der Waals surface area contributed by atoms with Crippen molar-refractivity contribution in [3.05, 3.63) is 48.3 Å². The molecule has 1 saturated heterocycles. The topological polar surface area (TPSA) is 78.7 Å². The maximum atomic E-state index is 6.41. The lowest BCUT2D eigenvalue weighted by atomic mass is 9.83. The number of ether oxygens (including phenoxy) is 1. The minimum absolute atomic E-state index is 0.428. The first-order chi connectivity index (χ1) is 18.2. The van der Waals surface area contributed by atoms with Crippen molar-refractivity contribution in [1.29, 1.82) is 0 Å². The summed E-state index contributed by atoms with van der Waals surface area (Å²) in [7, 11) is 8.04. The number of likely N-dealkylation sites (tertiary alicyclic amines) is 1. The van der Waals surface area contributed by atoms with Crippen LogP contribution in [0.1, 0.15) is 64.0 Å². The fraction of sp³-hybridized carbons (Fsp3) is 0.567. The second kappa shape index (κ2) is 14.4. The normalized spacial score (nSPS) is 15.3. The summed E-state index contributed by atoms with van der Waals surface area (Å²) in [6, 6.07) is 5.86. The van der Waals surface area contributed by atoms with Crippen molar-refractivity contribution in [3.8, 4) is 0 Å². The molecule has 0 saturated carbocycles. The predicted octanol–water partition coefficient (Wildman–Crippen LogP) is 4.67. The number of benzene rings is 1. The minimum Gasteiger partial charge on any atom is -0.397 e. The number of nitrogens with two attached hydrogens (primary N) is 1. The van der Waals surface area contributed by atoms with Crippen molar-refractivity contribution in [3.63, 3.8) is 0 Å². The molecule has 0 bridgehead atoms. The van der Waals surface area contributed by atoms with Crippen molar-refractivity contribution in [1.82, 2.24) is 14.8 Å². The van der Waals surface area contributed by atoms with E-state index in [4.69, 9.17) is 18.3 Å². The summed E-state index contributed by atoms with van der Waals surface area (Å²) in [5.74, 6) is 0. The molecule has 2 aromatic rings. The number of nitrogens with zero attached hydrogens (tertiary/aromatic N) is 3. The number of pyridine rings is 1. The third-order valence-electron chi connectivity index (χ3n) is 7.47. The second-order valence-corrected chi connectivity index (χ2v) is 11.2. The monoisotopic (exact) mass is 518 g/mol. The van der Waals surface area contributed by atoms with E-state index in [1.54, 1.807) is 0 Å². The number of nitrogens with one attached hydrogen (secondary N) is 2.